The van der Waals surface area contributed by atoms with Gasteiger partial charge in [-0.25, -0.2) is 4.98 Å². The molecule has 0 bridgehead atoms. The molecule has 0 spiro atoms. The van der Waals surface area contributed by atoms with Crippen LogP contribution in [0.4, 0.5) is 11.5 Å². The van der Waals surface area contributed by atoms with Gasteiger partial charge in [0.15, 0.2) is 0 Å². The number of aryl methyl sites for hydroxylation is 1. The summed E-state index contributed by atoms with van der Waals surface area (Å²) in [6, 6.07) is 11.2. The van der Waals surface area contributed by atoms with Crippen molar-refractivity contribution in [3.8, 4) is 23.3 Å². The number of amides is 1. The summed E-state index contributed by atoms with van der Waals surface area (Å²) in [6.07, 6.45) is 4.72. The Labute approximate surface area is 203 Å². The zero-order chi connectivity index (χ0) is 25.4. The molecule has 1 aliphatic rings. The molecule has 0 atom stereocenters. The molecule has 35 heavy (non-hydrogen) atoms. The summed E-state index contributed by atoms with van der Waals surface area (Å²) in [5.41, 5.74) is 2.34. The summed E-state index contributed by atoms with van der Waals surface area (Å²) in [5, 5.41) is 31.9. The van der Waals surface area contributed by atoms with E-state index in [1.54, 1.807) is 57.4 Å². The third kappa shape index (κ3) is 4.81. The Morgan fingerprint density at radius 3 is 2.57 bits per heavy atom. The molecule has 9 heteroatoms. The van der Waals surface area contributed by atoms with Crippen molar-refractivity contribution in [1.82, 2.24) is 15.0 Å². The smallest absolute Gasteiger partial charge is 0.274 e. The summed E-state index contributed by atoms with van der Waals surface area (Å²) in [4.78, 5) is 27.7. The number of carbonyl (C=O) groups excluding carboxylic acids is 1. The maximum absolute atomic E-state index is 12.9. The second-order valence-electron chi connectivity index (χ2n) is 9.54. The number of aromatic nitrogens is 3. The third-order valence-corrected chi connectivity index (χ3v) is 6.00. The van der Waals surface area contributed by atoms with Crippen molar-refractivity contribution in [2.45, 2.75) is 38.7 Å². The number of pyridine rings is 3. The van der Waals surface area contributed by atoms with Crippen LogP contribution in [0, 0.1) is 29.6 Å². The second kappa shape index (κ2) is 8.79. The number of anilines is 2. The van der Waals surface area contributed by atoms with Gasteiger partial charge in [-0.3, -0.25) is 14.8 Å². The monoisotopic (exact) mass is 467 g/mol. The van der Waals surface area contributed by atoms with Gasteiger partial charge in [0.05, 0.1) is 34.5 Å². The van der Waals surface area contributed by atoms with Crippen LogP contribution in [0.2, 0.25) is 0 Å². The molecule has 1 saturated heterocycles. The molecule has 2 N–H and O–H groups in total. The fourth-order valence-electron chi connectivity index (χ4n) is 3.96. The van der Waals surface area contributed by atoms with Crippen molar-refractivity contribution < 1.29 is 9.90 Å². The van der Waals surface area contributed by atoms with E-state index in [1.807, 2.05) is 11.8 Å². The van der Waals surface area contributed by atoms with Crippen LogP contribution >= 0.6 is 0 Å². The van der Waals surface area contributed by atoms with Gasteiger partial charge in [0.1, 0.15) is 17.6 Å². The van der Waals surface area contributed by atoms with E-state index in [0.29, 0.717) is 47.0 Å². The summed E-state index contributed by atoms with van der Waals surface area (Å²) in [5.74, 6) is 0.109. The van der Waals surface area contributed by atoms with Crippen LogP contribution in [-0.4, -0.2) is 44.7 Å². The number of β-amino-alcohol motifs (C(OH)–C–C–N with tert-alkyl or cyclic N) is 1. The fraction of sp³-hybridized carbons (Fsp3) is 0.308. The van der Waals surface area contributed by atoms with Gasteiger partial charge in [0.25, 0.3) is 5.91 Å². The van der Waals surface area contributed by atoms with E-state index in [0.717, 1.165) is 5.56 Å². The molecule has 176 valence electrons. The van der Waals surface area contributed by atoms with Crippen molar-refractivity contribution in [2.75, 3.05) is 23.3 Å². The first-order valence-electron chi connectivity index (χ1n) is 11.1. The summed E-state index contributed by atoms with van der Waals surface area (Å²) in [6.45, 7) is 7.96. The Bertz CT molecular complexity index is 1390. The van der Waals surface area contributed by atoms with Gasteiger partial charge in [-0.2, -0.15) is 10.5 Å². The van der Waals surface area contributed by atoms with E-state index in [-0.39, 0.29) is 5.69 Å². The minimum atomic E-state index is -0.779. The van der Waals surface area contributed by atoms with Crippen molar-refractivity contribution >= 4 is 17.4 Å². The SMILES string of the molecule is Cc1ncc(NC(=O)c2cc(C(C)(C)C#N)ccn2)cc1-c1cnc(N2CC(C)(O)C2)c(C#N)c1. The van der Waals surface area contributed by atoms with Crippen LogP contribution in [0.15, 0.2) is 42.9 Å². The first kappa shape index (κ1) is 23.8. The van der Waals surface area contributed by atoms with Gasteiger partial charge < -0.3 is 15.3 Å². The molecule has 1 amide bonds. The molecular formula is C26H25N7O2. The molecule has 3 aromatic heterocycles. The first-order valence-corrected chi connectivity index (χ1v) is 11.1. The van der Waals surface area contributed by atoms with E-state index >= 15 is 0 Å². The molecule has 0 saturated carbocycles. The van der Waals surface area contributed by atoms with Crippen LogP contribution in [0.5, 0.6) is 0 Å². The molecule has 4 heterocycles. The normalized spacial score (nSPS) is 14.4. The largest absolute Gasteiger partial charge is 0.386 e. The van der Waals surface area contributed by atoms with Gasteiger partial charge in [0, 0.05) is 42.3 Å². The Balaban J connectivity index is 1.60. The second-order valence-corrected chi connectivity index (χ2v) is 9.54. The van der Waals surface area contributed by atoms with E-state index in [1.165, 1.54) is 6.20 Å². The lowest BCUT2D eigenvalue weighted by Gasteiger charge is -2.45. The van der Waals surface area contributed by atoms with Crippen molar-refractivity contribution in [3.63, 3.8) is 0 Å². The molecule has 1 aliphatic heterocycles. The topological polar surface area (TPSA) is 139 Å². The molecule has 0 radical (unpaired) electrons. The summed E-state index contributed by atoms with van der Waals surface area (Å²) >= 11 is 0. The molecule has 3 aromatic rings. The van der Waals surface area contributed by atoms with Crippen LogP contribution < -0.4 is 10.2 Å². The molecule has 0 unspecified atom stereocenters. The highest BCUT2D eigenvalue weighted by Crippen LogP contribution is 2.32. The standard InChI is InChI=1S/C26H25N7O2/c1-16-21(18-7-17(10-27)23(31-11-18)33-14-26(4,35)15-33)9-20(12-30-16)32-24(34)22-8-19(5-6-29-22)25(2,3)13-28/h5-9,11-12,35H,14-15H2,1-4H3,(H,32,34). The highest BCUT2D eigenvalue weighted by molar-refractivity contribution is 6.03. The number of nitrogens with one attached hydrogen (secondary N) is 1. The molecule has 9 nitrogen and oxygen atoms in total. The lowest BCUT2D eigenvalue weighted by Crippen LogP contribution is -2.60. The predicted molar refractivity (Wildman–Crippen MR) is 131 cm³/mol. The number of aliphatic hydroxyl groups is 1. The molecule has 0 aromatic carbocycles. The third-order valence-electron chi connectivity index (χ3n) is 6.00. The molecule has 0 aliphatic carbocycles. The molecule has 4 rings (SSSR count). The van der Waals surface area contributed by atoms with Crippen molar-refractivity contribution in [1.29, 1.82) is 10.5 Å². The highest BCUT2D eigenvalue weighted by atomic mass is 16.3. The fourth-order valence-corrected chi connectivity index (χ4v) is 3.96. The molecular weight excluding hydrogens is 442 g/mol. The Hall–Kier alpha value is -4.34. The van der Waals surface area contributed by atoms with E-state index in [9.17, 15) is 20.4 Å². The quantitative estimate of drug-likeness (QED) is 0.582. The van der Waals surface area contributed by atoms with E-state index in [4.69, 9.17) is 0 Å². The number of rotatable bonds is 5. The van der Waals surface area contributed by atoms with Crippen LogP contribution in [-0.2, 0) is 5.41 Å². The lowest BCUT2D eigenvalue weighted by molar-refractivity contribution is 0.0305. The molecule has 1 fully saturated rings. The Morgan fingerprint density at radius 1 is 1.17 bits per heavy atom. The van der Waals surface area contributed by atoms with Crippen molar-refractivity contribution in [2.24, 2.45) is 0 Å². The summed E-state index contributed by atoms with van der Waals surface area (Å²) in [7, 11) is 0. The Morgan fingerprint density at radius 2 is 1.91 bits per heavy atom. The van der Waals surface area contributed by atoms with Gasteiger partial charge in [-0.1, -0.05) is 0 Å². The Kier molecular flexibility index (Phi) is 5.98. The maximum Gasteiger partial charge on any atom is 0.274 e. The van der Waals surface area contributed by atoms with Crippen LogP contribution in [0.1, 0.15) is 48.1 Å². The van der Waals surface area contributed by atoms with Gasteiger partial charge in [0.2, 0.25) is 0 Å². The minimum absolute atomic E-state index is 0.191. The number of nitrogens with zero attached hydrogens (tertiary/aromatic N) is 6. The minimum Gasteiger partial charge on any atom is -0.386 e. The van der Waals surface area contributed by atoms with E-state index in [2.05, 4.69) is 32.4 Å². The van der Waals surface area contributed by atoms with Gasteiger partial charge >= 0.3 is 0 Å². The summed E-state index contributed by atoms with van der Waals surface area (Å²) < 4.78 is 0. The highest BCUT2D eigenvalue weighted by Gasteiger charge is 2.38. The van der Waals surface area contributed by atoms with Gasteiger partial charge in [-0.15, -0.1) is 0 Å². The number of hydrogen-bond donors (Lipinski definition) is 2. The average Bonchev–Trinajstić information content (AvgIpc) is 2.83. The number of hydrogen-bond acceptors (Lipinski definition) is 8. The van der Waals surface area contributed by atoms with Crippen LogP contribution in [0.25, 0.3) is 11.1 Å². The zero-order valence-electron chi connectivity index (χ0n) is 20.0. The predicted octanol–water partition coefficient (Wildman–Crippen LogP) is 3.34. The lowest BCUT2D eigenvalue weighted by atomic mass is 9.86. The first-order chi connectivity index (χ1) is 16.5. The average molecular weight is 468 g/mol. The maximum atomic E-state index is 12.9. The zero-order valence-corrected chi connectivity index (χ0v) is 20.0. The van der Waals surface area contributed by atoms with Crippen molar-refractivity contribution in [3.05, 3.63) is 65.4 Å². The van der Waals surface area contributed by atoms with Crippen LogP contribution in [0.3, 0.4) is 0 Å². The van der Waals surface area contributed by atoms with Gasteiger partial charge in [-0.05, 0) is 57.5 Å². The van der Waals surface area contributed by atoms with E-state index < -0.39 is 16.9 Å². The number of nitriles is 2. The number of carbonyl (C=O) groups is 1.